The highest BCUT2D eigenvalue weighted by molar-refractivity contribution is 9.10. The van der Waals surface area contributed by atoms with Gasteiger partial charge in [-0.25, -0.2) is 12.8 Å². The van der Waals surface area contributed by atoms with Crippen molar-refractivity contribution in [1.82, 2.24) is 0 Å². The molecule has 0 atom stereocenters. The summed E-state index contributed by atoms with van der Waals surface area (Å²) in [5.74, 6) is -0.0508. The molecule has 2 aromatic rings. The first-order valence-corrected chi connectivity index (χ1v) is 8.75. The SMILES string of the molecule is CCN(c1ccc(Br)cc1F)S(=O)(=O)c1ccc(OC)cc1. The summed E-state index contributed by atoms with van der Waals surface area (Å²) in [6.45, 7) is 1.77. The molecular weight excluding hydrogens is 373 g/mol. The molecule has 0 fully saturated rings. The van der Waals surface area contributed by atoms with Crippen LogP contribution in [-0.2, 0) is 10.0 Å². The van der Waals surface area contributed by atoms with E-state index >= 15 is 0 Å². The molecule has 0 aliphatic carbocycles. The van der Waals surface area contributed by atoms with Gasteiger partial charge in [0.05, 0.1) is 17.7 Å². The Morgan fingerprint density at radius 2 is 1.82 bits per heavy atom. The molecule has 4 nitrogen and oxygen atoms in total. The molecule has 0 aliphatic rings. The lowest BCUT2D eigenvalue weighted by Gasteiger charge is -2.23. The monoisotopic (exact) mass is 387 g/mol. The van der Waals surface area contributed by atoms with Crippen molar-refractivity contribution < 1.29 is 17.5 Å². The van der Waals surface area contributed by atoms with Crippen LogP contribution >= 0.6 is 15.9 Å². The molecule has 2 aromatic carbocycles. The molecule has 0 aliphatic heterocycles. The number of sulfonamides is 1. The predicted octanol–water partition coefficient (Wildman–Crippen LogP) is 3.81. The molecule has 0 amide bonds. The Bertz CT molecular complexity index is 763. The second kappa shape index (κ2) is 6.66. The number of hydrogen-bond acceptors (Lipinski definition) is 3. The molecule has 22 heavy (non-hydrogen) atoms. The van der Waals surface area contributed by atoms with Crippen LogP contribution in [0.15, 0.2) is 51.8 Å². The van der Waals surface area contributed by atoms with Gasteiger partial charge in [-0.3, -0.25) is 4.31 Å². The molecule has 0 radical (unpaired) electrons. The maximum atomic E-state index is 14.1. The maximum Gasteiger partial charge on any atom is 0.264 e. The van der Waals surface area contributed by atoms with Gasteiger partial charge in [0.1, 0.15) is 11.6 Å². The Balaban J connectivity index is 2.48. The van der Waals surface area contributed by atoms with Crippen LogP contribution in [0.4, 0.5) is 10.1 Å². The van der Waals surface area contributed by atoms with Crippen molar-refractivity contribution in [2.24, 2.45) is 0 Å². The van der Waals surface area contributed by atoms with Crippen molar-refractivity contribution in [2.45, 2.75) is 11.8 Å². The molecule has 0 aromatic heterocycles. The number of ether oxygens (including phenoxy) is 1. The lowest BCUT2D eigenvalue weighted by Crippen LogP contribution is -2.31. The number of hydrogen-bond donors (Lipinski definition) is 0. The van der Waals surface area contributed by atoms with Crippen LogP contribution < -0.4 is 9.04 Å². The van der Waals surface area contributed by atoms with Gasteiger partial charge in [-0.05, 0) is 49.4 Å². The third-order valence-electron chi connectivity index (χ3n) is 3.11. The highest BCUT2D eigenvalue weighted by atomic mass is 79.9. The van der Waals surface area contributed by atoms with E-state index in [1.807, 2.05) is 0 Å². The minimum atomic E-state index is -3.84. The van der Waals surface area contributed by atoms with Gasteiger partial charge in [0.15, 0.2) is 0 Å². The van der Waals surface area contributed by atoms with Crippen LogP contribution in [-0.4, -0.2) is 22.1 Å². The zero-order valence-corrected chi connectivity index (χ0v) is 14.5. The smallest absolute Gasteiger partial charge is 0.264 e. The van der Waals surface area contributed by atoms with Crippen molar-refractivity contribution >= 4 is 31.6 Å². The molecule has 0 heterocycles. The summed E-state index contributed by atoms with van der Waals surface area (Å²) in [5.41, 5.74) is 0.0153. The lowest BCUT2D eigenvalue weighted by atomic mass is 10.3. The summed E-state index contributed by atoms with van der Waals surface area (Å²) in [4.78, 5) is 0.0810. The number of rotatable bonds is 5. The number of benzene rings is 2. The first-order valence-electron chi connectivity index (χ1n) is 6.52. The summed E-state index contributed by atoms with van der Waals surface area (Å²) < 4.78 is 46.1. The predicted molar refractivity (Wildman–Crippen MR) is 87.3 cm³/mol. The third kappa shape index (κ3) is 3.25. The summed E-state index contributed by atoms with van der Waals surface area (Å²) in [6, 6.07) is 10.3. The fraction of sp³-hybridized carbons (Fsp3) is 0.200. The molecule has 2 rings (SSSR count). The van der Waals surface area contributed by atoms with Crippen LogP contribution in [0.3, 0.4) is 0 Å². The summed E-state index contributed by atoms with van der Waals surface area (Å²) in [5, 5.41) is 0. The van der Waals surface area contributed by atoms with E-state index in [2.05, 4.69) is 15.9 Å². The first kappa shape index (κ1) is 16.8. The molecule has 0 saturated carbocycles. The summed E-state index contributed by atoms with van der Waals surface area (Å²) >= 11 is 3.16. The van der Waals surface area contributed by atoms with E-state index in [-0.39, 0.29) is 17.1 Å². The Morgan fingerprint density at radius 1 is 1.18 bits per heavy atom. The normalized spacial score (nSPS) is 11.3. The van der Waals surface area contributed by atoms with Crippen LogP contribution in [0, 0.1) is 5.82 Å². The second-order valence-electron chi connectivity index (χ2n) is 4.44. The van der Waals surface area contributed by atoms with Gasteiger partial charge in [0, 0.05) is 11.0 Å². The quantitative estimate of drug-likeness (QED) is 0.783. The maximum absolute atomic E-state index is 14.1. The number of anilines is 1. The van der Waals surface area contributed by atoms with Gasteiger partial charge < -0.3 is 4.74 Å². The minimum absolute atomic E-state index is 0.0153. The number of halogens is 2. The van der Waals surface area contributed by atoms with E-state index in [0.717, 1.165) is 4.31 Å². The Labute approximate surface area is 137 Å². The molecule has 7 heteroatoms. The van der Waals surface area contributed by atoms with Crippen LogP contribution in [0.2, 0.25) is 0 Å². The van der Waals surface area contributed by atoms with Crippen LogP contribution in [0.5, 0.6) is 5.75 Å². The molecule has 0 N–H and O–H groups in total. The van der Waals surface area contributed by atoms with Gasteiger partial charge >= 0.3 is 0 Å². The highest BCUT2D eigenvalue weighted by Gasteiger charge is 2.25. The van der Waals surface area contributed by atoms with E-state index < -0.39 is 15.8 Å². The molecule has 0 bridgehead atoms. The Kier molecular flexibility index (Phi) is 5.08. The van der Waals surface area contributed by atoms with Crippen LogP contribution in [0.1, 0.15) is 6.92 Å². The standard InChI is InChI=1S/C15H15BrFNO3S/c1-3-18(15-9-4-11(16)10-14(15)17)22(19,20)13-7-5-12(21-2)6-8-13/h4-10H,3H2,1-2H3. The zero-order chi connectivity index (χ0) is 16.3. The van der Waals surface area contributed by atoms with Crippen molar-refractivity contribution in [2.75, 3.05) is 18.0 Å². The number of methoxy groups -OCH3 is 1. The molecular formula is C15H15BrFNO3S. The van der Waals surface area contributed by atoms with Crippen molar-refractivity contribution in [3.05, 3.63) is 52.8 Å². The minimum Gasteiger partial charge on any atom is -0.497 e. The summed E-state index contributed by atoms with van der Waals surface area (Å²) in [7, 11) is -2.34. The number of nitrogens with zero attached hydrogens (tertiary/aromatic N) is 1. The average Bonchev–Trinajstić information content (AvgIpc) is 2.50. The van der Waals surface area contributed by atoms with Crippen molar-refractivity contribution in [1.29, 1.82) is 0 Å². The Morgan fingerprint density at radius 3 is 2.32 bits per heavy atom. The van der Waals surface area contributed by atoms with E-state index in [1.165, 1.54) is 31.4 Å². The fourth-order valence-corrected chi connectivity index (χ4v) is 3.84. The van der Waals surface area contributed by atoms with E-state index in [0.29, 0.717) is 10.2 Å². The van der Waals surface area contributed by atoms with E-state index in [1.54, 1.807) is 25.1 Å². The topological polar surface area (TPSA) is 46.6 Å². The van der Waals surface area contributed by atoms with Crippen molar-refractivity contribution in [3.8, 4) is 5.75 Å². The second-order valence-corrected chi connectivity index (χ2v) is 7.22. The van der Waals surface area contributed by atoms with Gasteiger partial charge in [-0.2, -0.15) is 0 Å². The first-order chi connectivity index (χ1) is 10.4. The molecule has 0 unspecified atom stereocenters. The Hall–Kier alpha value is -1.60. The van der Waals surface area contributed by atoms with Gasteiger partial charge in [-0.15, -0.1) is 0 Å². The van der Waals surface area contributed by atoms with Crippen molar-refractivity contribution in [3.63, 3.8) is 0 Å². The molecule has 118 valence electrons. The van der Waals surface area contributed by atoms with Gasteiger partial charge in [-0.1, -0.05) is 15.9 Å². The van der Waals surface area contributed by atoms with Crippen LogP contribution in [0.25, 0.3) is 0 Å². The fourth-order valence-electron chi connectivity index (χ4n) is 2.03. The van der Waals surface area contributed by atoms with E-state index in [9.17, 15) is 12.8 Å². The average molecular weight is 388 g/mol. The van der Waals surface area contributed by atoms with Gasteiger partial charge in [0.25, 0.3) is 10.0 Å². The highest BCUT2D eigenvalue weighted by Crippen LogP contribution is 2.28. The van der Waals surface area contributed by atoms with E-state index in [4.69, 9.17) is 4.74 Å². The molecule has 0 spiro atoms. The third-order valence-corrected chi connectivity index (χ3v) is 5.51. The molecule has 0 saturated heterocycles. The zero-order valence-electron chi connectivity index (χ0n) is 12.1. The largest absolute Gasteiger partial charge is 0.497 e. The lowest BCUT2D eigenvalue weighted by molar-refractivity contribution is 0.414. The van der Waals surface area contributed by atoms with Gasteiger partial charge in [0.2, 0.25) is 0 Å². The summed E-state index contributed by atoms with van der Waals surface area (Å²) in [6.07, 6.45) is 0.